The summed E-state index contributed by atoms with van der Waals surface area (Å²) in [6.45, 7) is 0.583. The van der Waals surface area contributed by atoms with Crippen LogP contribution < -0.4 is 32.3 Å². The molecule has 5 amide bonds. The minimum atomic E-state index is -1.44. The fourth-order valence-corrected chi connectivity index (χ4v) is 4.72. The minimum absolute atomic E-state index is 0.206. The number of nitrogens with zero attached hydrogens (tertiary/aromatic N) is 1. The zero-order valence-electron chi connectivity index (χ0n) is 23.0. The summed E-state index contributed by atoms with van der Waals surface area (Å²) < 4.78 is 0. The molecule has 2 aliphatic heterocycles. The highest BCUT2D eigenvalue weighted by molar-refractivity contribution is 5.95. The average Bonchev–Trinajstić information content (AvgIpc) is 3.64. The molecule has 4 atom stereocenters. The molecule has 0 aromatic rings. The Balaban J connectivity index is 1.93. The van der Waals surface area contributed by atoms with E-state index in [0.29, 0.717) is 45.2 Å². The van der Waals surface area contributed by atoms with E-state index in [2.05, 4.69) is 26.6 Å². The van der Waals surface area contributed by atoms with Gasteiger partial charge in [0.15, 0.2) is 0 Å². The predicted molar refractivity (Wildman–Crippen MR) is 143 cm³/mol. The van der Waals surface area contributed by atoms with Crippen LogP contribution in [0, 0.1) is 0 Å². The maximum absolute atomic E-state index is 13.1. The Labute approximate surface area is 237 Å². The third-order valence-corrected chi connectivity index (χ3v) is 6.95. The Morgan fingerprint density at radius 3 is 2.27 bits per heavy atom. The lowest BCUT2D eigenvalue weighted by atomic mass is 10.1. The molecule has 0 aromatic carbocycles. The summed E-state index contributed by atoms with van der Waals surface area (Å²) in [5, 5.41) is 30.8. The number of likely N-dealkylation sites (tertiary alicyclic amines) is 1. The van der Waals surface area contributed by atoms with Crippen molar-refractivity contribution in [2.45, 2.75) is 82.0 Å². The molecule has 9 N–H and O–H groups in total. The van der Waals surface area contributed by atoms with Crippen LogP contribution in [0.2, 0.25) is 0 Å². The summed E-state index contributed by atoms with van der Waals surface area (Å²) in [5.41, 5.74) is 5.54. The van der Waals surface area contributed by atoms with Crippen molar-refractivity contribution in [1.82, 2.24) is 31.5 Å². The molecular weight excluding hydrogens is 542 g/mol. The lowest BCUT2D eigenvalue weighted by Gasteiger charge is -2.27. The first-order chi connectivity index (χ1) is 19.5. The van der Waals surface area contributed by atoms with Gasteiger partial charge in [-0.2, -0.15) is 0 Å². The average molecular weight is 584 g/mol. The van der Waals surface area contributed by atoms with Gasteiger partial charge >= 0.3 is 11.9 Å². The number of rotatable bonds is 17. The number of hydrogen-bond acceptors (Lipinski definition) is 9. The fraction of sp³-hybridized carbons (Fsp3) is 0.720. The molecule has 41 heavy (non-hydrogen) atoms. The molecule has 0 aliphatic carbocycles. The molecule has 2 rings (SSSR count). The molecule has 2 aliphatic rings. The first kappa shape index (κ1) is 33.4. The summed E-state index contributed by atoms with van der Waals surface area (Å²) in [6, 6.07) is -3.66. The Kier molecular flexibility index (Phi) is 14.0. The van der Waals surface area contributed by atoms with Crippen LogP contribution in [0.4, 0.5) is 0 Å². The molecule has 0 spiro atoms. The molecule has 2 heterocycles. The SMILES string of the molecule is NCCCC[C@H](NC(=O)[C@@H]1CCCN1C(=O)CNC(=O)[C@@H]1CCCN1)C(=O)NCC(=O)N[C@@H](CCC(=O)O)C(=O)O. The normalized spacial score (nSPS) is 19.6. The zero-order valence-corrected chi connectivity index (χ0v) is 23.0. The number of amides is 5. The minimum Gasteiger partial charge on any atom is -0.481 e. The Bertz CT molecular complexity index is 971. The van der Waals surface area contributed by atoms with Crippen LogP contribution in [0.3, 0.4) is 0 Å². The molecule has 0 bridgehead atoms. The number of aliphatic carboxylic acids is 2. The smallest absolute Gasteiger partial charge is 0.326 e. The molecule has 0 aromatic heterocycles. The van der Waals surface area contributed by atoms with Crippen molar-refractivity contribution in [3.8, 4) is 0 Å². The summed E-state index contributed by atoms with van der Waals surface area (Å²) in [5.74, 6) is -5.39. The van der Waals surface area contributed by atoms with Crippen LogP contribution in [0.1, 0.15) is 57.8 Å². The quantitative estimate of drug-likeness (QED) is 0.0802. The largest absolute Gasteiger partial charge is 0.481 e. The summed E-state index contributed by atoms with van der Waals surface area (Å²) >= 11 is 0. The lowest BCUT2D eigenvalue weighted by Crippen LogP contribution is -2.55. The molecule has 16 nitrogen and oxygen atoms in total. The molecule has 0 unspecified atom stereocenters. The van der Waals surface area contributed by atoms with Crippen LogP contribution in [0.15, 0.2) is 0 Å². The molecule has 0 saturated carbocycles. The zero-order chi connectivity index (χ0) is 30.4. The maximum atomic E-state index is 13.1. The van der Waals surface area contributed by atoms with E-state index in [4.69, 9.17) is 10.8 Å². The van der Waals surface area contributed by atoms with Gasteiger partial charge in [0.25, 0.3) is 0 Å². The van der Waals surface area contributed by atoms with E-state index in [-0.39, 0.29) is 31.3 Å². The number of carboxylic acid groups (broad SMARTS) is 2. The number of carbonyl (C=O) groups is 7. The third kappa shape index (κ3) is 11.3. The highest BCUT2D eigenvalue weighted by atomic mass is 16.4. The Hall–Kier alpha value is -3.79. The monoisotopic (exact) mass is 583 g/mol. The molecule has 0 radical (unpaired) electrons. The van der Waals surface area contributed by atoms with Crippen LogP contribution in [0.25, 0.3) is 0 Å². The second-order valence-corrected chi connectivity index (χ2v) is 10.1. The van der Waals surface area contributed by atoms with Crippen LogP contribution >= 0.6 is 0 Å². The van der Waals surface area contributed by atoms with E-state index in [1.807, 2.05) is 0 Å². The van der Waals surface area contributed by atoms with Crippen LogP contribution in [-0.2, 0) is 33.6 Å². The van der Waals surface area contributed by atoms with E-state index in [0.717, 1.165) is 13.0 Å². The van der Waals surface area contributed by atoms with Gasteiger partial charge in [-0.3, -0.25) is 28.8 Å². The van der Waals surface area contributed by atoms with E-state index in [9.17, 15) is 38.7 Å². The van der Waals surface area contributed by atoms with Crippen molar-refractivity contribution >= 4 is 41.5 Å². The van der Waals surface area contributed by atoms with Crippen molar-refractivity contribution < 1.29 is 43.8 Å². The Morgan fingerprint density at radius 1 is 0.878 bits per heavy atom. The van der Waals surface area contributed by atoms with Gasteiger partial charge in [0, 0.05) is 13.0 Å². The molecule has 230 valence electrons. The first-order valence-corrected chi connectivity index (χ1v) is 13.9. The van der Waals surface area contributed by atoms with E-state index < -0.39 is 66.7 Å². The maximum Gasteiger partial charge on any atom is 0.326 e. The van der Waals surface area contributed by atoms with Gasteiger partial charge < -0.3 is 47.4 Å². The van der Waals surface area contributed by atoms with E-state index in [1.54, 1.807) is 0 Å². The number of carboxylic acids is 2. The van der Waals surface area contributed by atoms with Gasteiger partial charge in [-0.05, 0) is 64.5 Å². The molecular formula is C25H41N7O9. The number of carbonyl (C=O) groups excluding carboxylic acids is 5. The lowest BCUT2D eigenvalue weighted by molar-refractivity contribution is -0.143. The number of unbranched alkanes of at least 4 members (excludes halogenated alkanes) is 1. The summed E-state index contributed by atoms with van der Waals surface area (Å²) in [7, 11) is 0. The van der Waals surface area contributed by atoms with Crippen molar-refractivity contribution in [3.05, 3.63) is 0 Å². The highest BCUT2D eigenvalue weighted by Gasteiger charge is 2.36. The van der Waals surface area contributed by atoms with Crippen molar-refractivity contribution in [2.24, 2.45) is 5.73 Å². The van der Waals surface area contributed by atoms with Crippen molar-refractivity contribution in [2.75, 3.05) is 32.7 Å². The van der Waals surface area contributed by atoms with Crippen LogP contribution in [0.5, 0.6) is 0 Å². The van der Waals surface area contributed by atoms with Gasteiger partial charge in [-0.1, -0.05) is 0 Å². The van der Waals surface area contributed by atoms with E-state index >= 15 is 0 Å². The van der Waals surface area contributed by atoms with Gasteiger partial charge in [-0.15, -0.1) is 0 Å². The van der Waals surface area contributed by atoms with Gasteiger partial charge in [0.2, 0.25) is 29.5 Å². The van der Waals surface area contributed by atoms with Gasteiger partial charge in [0.1, 0.15) is 18.1 Å². The second kappa shape index (κ2) is 17.1. The summed E-state index contributed by atoms with van der Waals surface area (Å²) in [6.07, 6.45) is 2.98. The van der Waals surface area contributed by atoms with E-state index in [1.165, 1.54) is 4.90 Å². The van der Waals surface area contributed by atoms with Gasteiger partial charge in [-0.25, -0.2) is 4.79 Å². The van der Waals surface area contributed by atoms with Gasteiger partial charge in [0.05, 0.1) is 19.1 Å². The highest BCUT2D eigenvalue weighted by Crippen LogP contribution is 2.18. The molecule has 2 saturated heterocycles. The number of nitrogens with two attached hydrogens (primary N) is 1. The van der Waals surface area contributed by atoms with Crippen molar-refractivity contribution in [3.63, 3.8) is 0 Å². The second-order valence-electron chi connectivity index (χ2n) is 10.1. The first-order valence-electron chi connectivity index (χ1n) is 13.9. The number of hydrogen-bond donors (Lipinski definition) is 8. The number of nitrogens with one attached hydrogen (secondary N) is 5. The predicted octanol–water partition coefficient (Wildman–Crippen LogP) is -2.99. The fourth-order valence-electron chi connectivity index (χ4n) is 4.72. The topological polar surface area (TPSA) is 249 Å². The van der Waals surface area contributed by atoms with Crippen LogP contribution in [-0.4, -0.2) is 113 Å². The van der Waals surface area contributed by atoms with Crippen molar-refractivity contribution in [1.29, 1.82) is 0 Å². The Morgan fingerprint density at radius 2 is 1.63 bits per heavy atom. The third-order valence-electron chi connectivity index (χ3n) is 6.95. The molecule has 16 heteroatoms. The molecule has 2 fully saturated rings. The standard InChI is InChI=1S/C25H41N7O9/c26-10-2-1-5-16(23(38)28-13-19(33)30-17(25(40)41)8-9-21(35)36)31-24(39)18-7-4-12-32(18)20(34)14-29-22(37)15-6-3-11-27-15/h15-18,27H,1-14,26H2,(H,28,38)(H,29,37)(H,30,33)(H,31,39)(H,35,36)(H,40,41)/t15-,16-,17-,18-/m0/s1. The summed E-state index contributed by atoms with van der Waals surface area (Å²) in [4.78, 5) is 86.7.